The van der Waals surface area contributed by atoms with E-state index in [0.717, 1.165) is 25.4 Å². The molecule has 5 nitrogen and oxygen atoms in total. The van der Waals surface area contributed by atoms with Crippen LogP contribution in [0.15, 0.2) is 0 Å². The number of carbonyl (C=O) groups is 1. The molecule has 0 spiro atoms. The Morgan fingerprint density at radius 1 is 1.35 bits per heavy atom. The second kappa shape index (κ2) is 7.96. The van der Waals surface area contributed by atoms with Crippen molar-refractivity contribution in [3.05, 3.63) is 0 Å². The van der Waals surface area contributed by atoms with Gasteiger partial charge in [-0.05, 0) is 72.8 Å². The van der Waals surface area contributed by atoms with Crippen LogP contribution in [0.4, 0.5) is 0 Å². The Labute approximate surface area is 123 Å². The van der Waals surface area contributed by atoms with Crippen LogP contribution in [0.5, 0.6) is 0 Å². The number of unbranched alkanes of at least 4 members (excludes halogenated alkanes) is 1. The number of ether oxygens (including phenoxy) is 1. The van der Waals surface area contributed by atoms with Crippen molar-refractivity contribution in [3.63, 3.8) is 0 Å². The van der Waals surface area contributed by atoms with Gasteiger partial charge in [-0.25, -0.2) is 0 Å². The van der Waals surface area contributed by atoms with Crippen molar-refractivity contribution in [2.75, 3.05) is 40.8 Å². The lowest BCUT2D eigenvalue weighted by Gasteiger charge is -2.35. The molecule has 0 saturated carbocycles. The molecule has 1 rings (SSSR count). The van der Waals surface area contributed by atoms with Crippen molar-refractivity contribution in [1.82, 2.24) is 9.80 Å². The van der Waals surface area contributed by atoms with E-state index in [-0.39, 0.29) is 5.97 Å². The standard InChI is InChI=1S/C15H31N3O2/c1-15(16,14(19)20-4)9-5-6-10-18-11-7-13(8-12-18)17(2)3/h13H,5-12,16H2,1-4H3. The highest BCUT2D eigenvalue weighted by atomic mass is 16.5. The van der Waals surface area contributed by atoms with E-state index in [9.17, 15) is 4.79 Å². The fourth-order valence-corrected chi connectivity index (χ4v) is 2.82. The van der Waals surface area contributed by atoms with Gasteiger partial charge in [0.1, 0.15) is 5.54 Å². The molecule has 1 fully saturated rings. The number of hydrogen-bond donors (Lipinski definition) is 1. The Morgan fingerprint density at radius 2 is 1.95 bits per heavy atom. The van der Waals surface area contributed by atoms with Gasteiger partial charge >= 0.3 is 5.97 Å². The molecule has 1 aliphatic rings. The van der Waals surface area contributed by atoms with E-state index >= 15 is 0 Å². The number of nitrogens with two attached hydrogens (primary N) is 1. The largest absolute Gasteiger partial charge is 0.468 e. The first-order chi connectivity index (χ1) is 9.36. The Balaban J connectivity index is 2.15. The van der Waals surface area contributed by atoms with Gasteiger partial charge in [0.2, 0.25) is 0 Å². The van der Waals surface area contributed by atoms with Gasteiger partial charge in [0.15, 0.2) is 0 Å². The zero-order valence-corrected chi connectivity index (χ0v) is 13.5. The predicted molar refractivity (Wildman–Crippen MR) is 81.6 cm³/mol. The van der Waals surface area contributed by atoms with E-state index in [2.05, 4.69) is 23.9 Å². The molecule has 0 aromatic rings. The molecule has 1 saturated heterocycles. The van der Waals surface area contributed by atoms with Crippen LogP contribution in [-0.4, -0.2) is 68.2 Å². The maximum absolute atomic E-state index is 11.5. The molecule has 0 aromatic heterocycles. The lowest BCUT2D eigenvalue weighted by molar-refractivity contribution is -0.146. The molecular weight excluding hydrogens is 254 g/mol. The van der Waals surface area contributed by atoms with Crippen molar-refractivity contribution in [2.45, 2.75) is 50.6 Å². The highest BCUT2D eigenvalue weighted by molar-refractivity contribution is 5.79. The minimum Gasteiger partial charge on any atom is -0.468 e. The average molecular weight is 285 g/mol. The molecule has 118 valence electrons. The zero-order chi connectivity index (χ0) is 15.2. The third-order valence-electron chi connectivity index (χ3n) is 4.36. The Bertz CT molecular complexity index is 297. The lowest BCUT2D eigenvalue weighted by atomic mass is 9.96. The topological polar surface area (TPSA) is 58.8 Å². The van der Waals surface area contributed by atoms with E-state index in [1.807, 2.05) is 0 Å². The minimum atomic E-state index is -0.841. The maximum Gasteiger partial charge on any atom is 0.325 e. The van der Waals surface area contributed by atoms with Gasteiger partial charge in [-0.1, -0.05) is 0 Å². The smallest absolute Gasteiger partial charge is 0.325 e. The average Bonchev–Trinajstić information content (AvgIpc) is 2.43. The quantitative estimate of drug-likeness (QED) is 0.560. The number of likely N-dealkylation sites (tertiary alicyclic amines) is 1. The highest BCUT2D eigenvalue weighted by Crippen LogP contribution is 2.16. The molecule has 1 heterocycles. The number of esters is 1. The van der Waals surface area contributed by atoms with Gasteiger partial charge in [0, 0.05) is 6.04 Å². The third-order valence-corrected chi connectivity index (χ3v) is 4.36. The molecule has 0 bridgehead atoms. The van der Waals surface area contributed by atoms with Crippen LogP contribution >= 0.6 is 0 Å². The Hall–Kier alpha value is -0.650. The summed E-state index contributed by atoms with van der Waals surface area (Å²) in [5.41, 5.74) is 5.11. The number of piperidine rings is 1. The Morgan fingerprint density at radius 3 is 2.45 bits per heavy atom. The summed E-state index contributed by atoms with van der Waals surface area (Å²) in [7, 11) is 5.72. The molecular formula is C15H31N3O2. The number of rotatable bonds is 7. The summed E-state index contributed by atoms with van der Waals surface area (Å²) in [6.45, 7) is 5.22. The van der Waals surface area contributed by atoms with Crippen molar-refractivity contribution in [2.24, 2.45) is 5.73 Å². The van der Waals surface area contributed by atoms with Gasteiger partial charge in [0.05, 0.1) is 7.11 Å². The summed E-state index contributed by atoms with van der Waals surface area (Å²) in [5.74, 6) is -0.315. The van der Waals surface area contributed by atoms with E-state index in [1.165, 1.54) is 33.0 Å². The monoisotopic (exact) mass is 285 g/mol. The Kier molecular flexibility index (Phi) is 6.92. The molecule has 20 heavy (non-hydrogen) atoms. The summed E-state index contributed by atoms with van der Waals surface area (Å²) >= 11 is 0. The summed E-state index contributed by atoms with van der Waals surface area (Å²) in [5, 5.41) is 0. The molecule has 0 amide bonds. The van der Waals surface area contributed by atoms with Crippen LogP contribution in [0.3, 0.4) is 0 Å². The van der Waals surface area contributed by atoms with Crippen LogP contribution in [0, 0.1) is 0 Å². The van der Waals surface area contributed by atoms with Gasteiger partial charge in [-0.15, -0.1) is 0 Å². The summed E-state index contributed by atoms with van der Waals surface area (Å²) in [6.07, 6.45) is 5.26. The molecule has 0 radical (unpaired) electrons. The molecule has 1 atom stereocenters. The first-order valence-corrected chi connectivity index (χ1v) is 7.63. The summed E-state index contributed by atoms with van der Waals surface area (Å²) < 4.78 is 4.72. The van der Waals surface area contributed by atoms with Crippen LogP contribution in [0.1, 0.15) is 39.0 Å². The molecule has 0 aliphatic carbocycles. The normalized spacial score (nSPS) is 20.9. The van der Waals surface area contributed by atoms with E-state index in [0.29, 0.717) is 6.42 Å². The van der Waals surface area contributed by atoms with E-state index in [4.69, 9.17) is 10.5 Å². The van der Waals surface area contributed by atoms with Crippen LogP contribution in [0.25, 0.3) is 0 Å². The van der Waals surface area contributed by atoms with Gasteiger partial charge in [-0.3, -0.25) is 4.79 Å². The second-order valence-corrected chi connectivity index (χ2v) is 6.40. The van der Waals surface area contributed by atoms with E-state index < -0.39 is 5.54 Å². The number of nitrogens with zero attached hydrogens (tertiary/aromatic N) is 2. The number of hydrogen-bond acceptors (Lipinski definition) is 5. The van der Waals surface area contributed by atoms with Crippen molar-refractivity contribution in [1.29, 1.82) is 0 Å². The number of methoxy groups -OCH3 is 1. The van der Waals surface area contributed by atoms with Gasteiger partial charge in [0.25, 0.3) is 0 Å². The lowest BCUT2D eigenvalue weighted by Crippen LogP contribution is -2.46. The molecule has 0 aromatic carbocycles. The fraction of sp³-hybridized carbons (Fsp3) is 0.933. The fourth-order valence-electron chi connectivity index (χ4n) is 2.82. The van der Waals surface area contributed by atoms with Crippen molar-refractivity contribution in [3.8, 4) is 0 Å². The summed E-state index contributed by atoms with van der Waals surface area (Å²) in [6, 6.07) is 0.734. The second-order valence-electron chi connectivity index (χ2n) is 6.40. The third kappa shape index (κ3) is 5.38. The van der Waals surface area contributed by atoms with Crippen molar-refractivity contribution < 1.29 is 9.53 Å². The van der Waals surface area contributed by atoms with E-state index in [1.54, 1.807) is 6.92 Å². The molecule has 1 aliphatic heterocycles. The first-order valence-electron chi connectivity index (χ1n) is 7.63. The molecule has 2 N–H and O–H groups in total. The van der Waals surface area contributed by atoms with Gasteiger partial charge in [-0.2, -0.15) is 0 Å². The zero-order valence-electron chi connectivity index (χ0n) is 13.5. The summed E-state index contributed by atoms with van der Waals surface area (Å²) in [4.78, 5) is 16.3. The van der Waals surface area contributed by atoms with Crippen LogP contribution in [0.2, 0.25) is 0 Å². The highest BCUT2D eigenvalue weighted by Gasteiger charge is 2.28. The first kappa shape index (κ1) is 17.4. The minimum absolute atomic E-state index is 0.315. The SMILES string of the molecule is COC(=O)C(C)(N)CCCCN1CCC(N(C)C)CC1. The number of carbonyl (C=O) groups excluding carboxylic acids is 1. The van der Waals surface area contributed by atoms with Crippen LogP contribution < -0.4 is 5.73 Å². The maximum atomic E-state index is 11.5. The van der Waals surface area contributed by atoms with Gasteiger partial charge < -0.3 is 20.3 Å². The predicted octanol–water partition coefficient (Wildman–Crippen LogP) is 1.07. The van der Waals surface area contributed by atoms with Crippen LogP contribution in [-0.2, 0) is 9.53 Å². The molecule has 1 unspecified atom stereocenters. The van der Waals surface area contributed by atoms with Crippen molar-refractivity contribution >= 4 is 5.97 Å². The molecule has 5 heteroatoms.